The zero-order valence-corrected chi connectivity index (χ0v) is 7.65. The number of fused-ring (bicyclic) bond motifs is 3. The normalized spacial score (nSPS) is 55.7. The topological polar surface area (TPSA) is 44.8 Å². The lowest BCUT2D eigenvalue weighted by atomic mass is 10.2. The molecule has 3 aliphatic rings. The minimum atomic E-state index is -0.564. The first-order valence-corrected chi connectivity index (χ1v) is 4.56. The summed E-state index contributed by atoms with van der Waals surface area (Å²) in [6.45, 7) is 3.72. The number of rotatable bonds is 1. The lowest BCUT2D eigenvalue weighted by Crippen LogP contribution is -2.26. The smallest absolute Gasteiger partial charge is 0.188 e. The van der Waals surface area contributed by atoms with Crippen LogP contribution in [0.25, 0.3) is 0 Å². The monoisotopic (exact) mass is 184 g/mol. The summed E-state index contributed by atoms with van der Waals surface area (Å²) >= 11 is 0. The van der Waals surface area contributed by atoms with E-state index in [-0.39, 0.29) is 18.3 Å². The van der Waals surface area contributed by atoms with Crippen LogP contribution in [0.15, 0.2) is 0 Å². The number of ether oxygens (including phenoxy) is 3. The first kappa shape index (κ1) is 7.91. The van der Waals surface area contributed by atoms with Crippen LogP contribution in [0.5, 0.6) is 0 Å². The van der Waals surface area contributed by atoms with Gasteiger partial charge in [-0.1, -0.05) is 0 Å². The molecular weight excluding hydrogens is 172 g/mol. The van der Waals surface area contributed by atoms with Crippen LogP contribution < -0.4 is 0 Å². The Morgan fingerprint density at radius 3 is 2.69 bits per heavy atom. The highest BCUT2D eigenvalue weighted by molar-refractivity contribution is 5.69. The zero-order chi connectivity index (χ0) is 9.27. The Bertz CT molecular complexity index is 275. The third-order valence-corrected chi connectivity index (χ3v) is 3.03. The molecule has 0 aromatic rings. The van der Waals surface area contributed by atoms with Crippen molar-refractivity contribution in [3.8, 4) is 0 Å². The Morgan fingerprint density at radius 2 is 2.08 bits per heavy atom. The standard InChI is InChI=1S/C9H12O4/c1-8(2)11-6-5-3-9(5,4-10)13-7(6)12-8/h4-7H,3H2,1-2H3/t5?,6?,7-,9-/m0/s1. The lowest BCUT2D eigenvalue weighted by Gasteiger charge is -2.18. The second kappa shape index (κ2) is 1.97. The molecule has 2 saturated heterocycles. The summed E-state index contributed by atoms with van der Waals surface area (Å²) in [4.78, 5) is 10.7. The molecule has 0 amide bonds. The van der Waals surface area contributed by atoms with E-state index in [1.54, 1.807) is 0 Å². The molecule has 4 atom stereocenters. The van der Waals surface area contributed by atoms with E-state index in [0.717, 1.165) is 12.7 Å². The Hall–Kier alpha value is -0.450. The van der Waals surface area contributed by atoms with Crippen molar-refractivity contribution in [1.82, 2.24) is 0 Å². The van der Waals surface area contributed by atoms with E-state index in [9.17, 15) is 4.79 Å². The first-order valence-electron chi connectivity index (χ1n) is 4.56. The van der Waals surface area contributed by atoms with Crippen LogP contribution in [0.1, 0.15) is 20.3 Å². The van der Waals surface area contributed by atoms with Gasteiger partial charge in [-0.2, -0.15) is 0 Å². The van der Waals surface area contributed by atoms with E-state index in [0.29, 0.717) is 0 Å². The van der Waals surface area contributed by atoms with E-state index in [1.807, 2.05) is 13.8 Å². The Labute approximate surface area is 76.1 Å². The highest BCUT2D eigenvalue weighted by Crippen LogP contribution is 2.59. The maximum Gasteiger partial charge on any atom is 0.188 e. The quantitative estimate of drug-likeness (QED) is 0.555. The minimum Gasteiger partial charge on any atom is -0.341 e. The third-order valence-electron chi connectivity index (χ3n) is 3.03. The van der Waals surface area contributed by atoms with Crippen molar-refractivity contribution in [1.29, 1.82) is 0 Å². The molecule has 0 spiro atoms. The predicted octanol–water partition coefficient (Wildman–Crippen LogP) is 0.452. The molecule has 0 aromatic heterocycles. The van der Waals surface area contributed by atoms with Gasteiger partial charge in [0.2, 0.25) is 0 Å². The maximum atomic E-state index is 10.7. The van der Waals surface area contributed by atoms with Gasteiger partial charge in [0.25, 0.3) is 0 Å². The average Bonchev–Trinajstić information content (AvgIpc) is 2.56. The number of carbonyl (C=O) groups is 1. The molecule has 2 heterocycles. The SMILES string of the molecule is CC1(C)OC2C3C[C@@]3(C=O)O[C@@H]2O1. The Morgan fingerprint density at radius 1 is 1.31 bits per heavy atom. The predicted molar refractivity (Wildman–Crippen MR) is 41.8 cm³/mol. The highest BCUT2D eigenvalue weighted by atomic mass is 16.8. The molecule has 2 unspecified atom stereocenters. The summed E-state index contributed by atoms with van der Waals surface area (Å²) < 4.78 is 16.7. The van der Waals surface area contributed by atoms with Crippen molar-refractivity contribution >= 4 is 6.29 Å². The van der Waals surface area contributed by atoms with Crippen LogP contribution >= 0.6 is 0 Å². The number of carbonyl (C=O) groups excluding carboxylic acids is 1. The van der Waals surface area contributed by atoms with Crippen LogP contribution in [0.3, 0.4) is 0 Å². The van der Waals surface area contributed by atoms with Crippen molar-refractivity contribution < 1.29 is 19.0 Å². The summed E-state index contributed by atoms with van der Waals surface area (Å²) in [6.07, 6.45) is 1.30. The summed E-state index contributed by atoms with van der Waals surface area (Å²) in [5.74, 6) is -0.343. The molecule has 0 radical (unpaired) electrons. The Kier molecular flexibility index (Phi) is 1.20. The van der Waals surface area contributed by atoms with Crippen LogP contribution in [-0.4, -0.2) is 30.1 Å². The molecular formula is C9H12O4. The molecule has 1 aliphatic carbocycles. The van der Waals surface area contributed by atoms with Gasteiger partial charge in [-0.25, -0.2) is 0 Å². The van der Waals surface area contributed by atoms with E-state index in [4.69, 9.17) is 14.2 Å². The van der Waals surface area contributed by atoms with Crippen molar-refractivity contribution in [3.05, 3.63) is 0 Å². The highest BCUT2D eigenvalue weighted by Gasteiger charge is 2.72. The summed E-state index contributed by atoms with van der Waals surface area (Å²) in [7, 11) is 0. The van der Waals surface area contributed by atoms with E-state index < -0.39 is 11.4 Å². The molecule has 4 heteroatoms. The second-order valence-corrected chi connectivity index (χ2v) is 4.47. The third kappa shape index (κ3) is 0.882. The van der Waals surface area contributed by atoms with Crippen LogP contribution in [0.2, 0.25) is 0 Å². The van der Waals surface area contributed by atoms with E-state index in [1.165, 1.54) is 0 Å². The fourth-order valence-corrected chi connectivity index (χ4v) is 2.31. The molecule has 1 saturated carbocycles. The molecule has 0 N–H and O–H groups in total. The van der Waals surface area contributed by atoms with Crippen molar-refractivity contribution in [3.63, 3.8) is 0 Å². The molecule has 3 fully saturated rings. The zero-order valence-electron chi connectivity index (χ0n) is 7.65. The van der Waals surface area contributed by atoms with Crippen molar-refractivity contribution in [2.75, 3.05) is 0 Å². The number of hydrogen-bond acceptors (Lipinski definition) is 4. The van der Waals surface area contributed by atoms with Crippen LogP contribution in [0, 0.1) is 5.92 Å². The van der Waals surface area contributed by atoms with Crippen molar-refractivity contribution in [2.24, 2.45) is 5.92 Å². The van der Waals surface area contributed by atoms with E-state index >= 15 is 0 Å². The summed E-state index contributed by atoms with van der Waals surface area (Å²) in [5.41, 5.74) is -0.564. The summed E-state index contributed by atoms with van der Waals surface area (Å²) in [5, 5.41) is 0. The maximum absolute atomic E-state index is 10.7. The van der Waals surface area contributed by atoms with Gasteiger partial charge in [0.1, 0.15) is 11.7 Å². The van der Waals surface area contributed by atoms with Gasteiger partial charge < -0.3 is 19.0 Å². The first-order chi connectivity index (χ1) is 6.06. The minimum absolute atomic E-state index is 0.0415. The second-order valence-electron chi connectivity index (χ2n) is 4.47. The van der Waals surface area contributed by atoms with Gasteiger partial charge in [-0.05, 0) is 20.3 Å². The van der Waals surface area contributed by atoms with E-state index in [2.05, 4.69) is 0 Å². The molecule has 72 valence electrons. The van der Waals surface area contributed by atoms with Gasteiger partial charge in [0.05, 0.1) is 0 Å². The molecule has 13 heavy (non-hydrogen) atoms. The fraction of sp³-hybridized carbons (Fsp3) is 0.889. The van der Waals surface area contributed by atoms with Gasteiger partial charge in [-0.3, -0.25) is 0 Å². The molecule has 3 rings (SSSR count). The molecule has 2 aliphatic heterocycles. The number of hydrogen-bond donors (Lipinski definition) is 0. The molecule has 4 nitrogen and oxygen atoms in total. The van der Waals surface area contributed by atoms with Gasteiger partial charge >= 0.3 is 0 Å². The lowest BCUT2D eigenvalue weighted by molar-refractivity contribution is -0.207. The van der Waals surface area contributed by atoms with Crippen molar-refractivity contribution in [2.45, 2.75) is 44.1 Å². The number of aldehydes is 1. The average molecular weight is 184 g/mol. The van der Waals surface area contributed by atoms with Gasteiger partial charge in [0.15, 0.2) is 18.4 Å². The fourth-order valence-electron chi connectivity index (χ4n) is 2.31. The van der Waals surface area contributed by atoms with Crippen LogP contribution in [0.4, 0.5) is 0 Å². The van der Waals surface area contributed by atoms with Gasteiger partial charge in [-0.15, -0.1) is 0 Å². The summed E-state index contributed by atoms with van der Waals surface area (Å²) in [6, 6.07) is 0. The van der Waals surface area contributed by atoms with Crippen LogP contribution in [-0.2, 0) is 19.0 Å². The molecule has 0 bridgehead atoms. The Balaban J connectivity index is 1.83. The largest absolute Gasteiger partial charge is 0.341 e. The van der Waals surface area contributed by atoms with Gasteiger partial charge in [0, 0.05) is 5.92 Å². The molecule has 0 aromatic carbocycles.